The third-order valence-corrected chi connectivity index (χ3v) is 3.19. The second-order valence-electron chi connectivity index (χ2n) is 4.66. The number of carboxylic acids is 1. The third-order valence-electron chi connectivity index (χ3n) is 3.19. The maximum absolute atomic E-state index is 11.9. The Kier molecular flexibility index (Phi) is 3.74. The lowest BCUT2D eigenvalue weighted by atomic mass is 10.0. The van der Waals surface area contributed by atoms with Gasteiger partial charge in [-0.25, -0.2) is 0 Å². The van der Waals surface area contributed by atoms with Crippen LogP contribution < -0.4 is 9.64 Å². The number of ketones is 1. The lowest BCUT2D eigenvalue weighted by molar-refractivity contribution is -0.137. The van der Waals surface area contributed by atoms with Gasteiger partial charge in [0.2, 0.25) is 0 Å². The second-order valence-corrected chi connectivity index (χ2v) is 4.66. The number of Topliss-reactive ketones (excluding diaryl/α,β-unsaturated/α-hetero) is 1. The molecule has 0 aliphatic carbocycles. The average molecular weight is 277 g/mol. The van der Waals surface area contributed by atoms with E-state index in [-0.39, 0.29) is 24.5 Å². The van der Waals surface area contributed by atoms with E-state index < -0.39 is 12.1 Å². The number of carbonyl (C=O) groups is 3. The molecule has 0 radical (unpaired) electrons. The van der Waals surface area contributed by atoms with E-state index in [1.54, 1.807) is 32.2 Å². The molecular formula is C14H15NO5. The van der Waals surface area contributed by atoms with Gasteiger partial charge in [-0.15, -0.1) is 0 Å². The first kappa shape index (κ1) is 14.0. The molecule has 6 nitrogen and oxygen atoms in total. The summed E-state index contributed by atoms with van der Waals surface area (Å²) in [5.74, 6) is -0.933. The van der Waals surface area contributed by atoms with Crippen molar-refractivity contribution in [2.45, 2.75) is 25.9 Å². The smallest absolute Gasteiger partial charge is 0.303 e. The summed E-state index contributed by atoms with van der Waals surface area (Å²) in [5, 5.41) is 8.58. The molecule has 6 heteroatoms. The van der Waals surface area contributed by atoms with Gasteiger partial charge in [-0.2, -0.15) is 0 Å². The summed E-state index contributed by atoms with van der Waals surface area (Å²) in [6, 6.07) is 4.77. The number of hydrogen-bond acceptors (Lipinski definition) is 4. The molecule has 1 aliphatic rings. The monoisotopic (exact) mass is 277 g/mol. The minimum absolute atomic E-state index is 0.0664. The zero-order valence-corrected chi connectivity index (χ0v) is 11.3. The first-order chi connectivity index (χ1) is 9.40. The summed E-state index contributed by atoms with van der Waals surface area (Å²) in [7, 11) is 1.62. The normalized spacial score (nSPS) is 17.4. The molecule has 106 valence electrons. The van der Waals surface area contributed by atoms with E-state index in [9.17, 15) is 14.4 Å². The van der Waals surface area contributed by atoms with Gasteiger partial charge in [-0.05, 0) is 25.1 Å². The maximum atomic E-state index is 11.9. The largest absolute Gasteiger partial charge is 0.481 e. The van der Waals surface area contributed by atoms with Crippen LogP contribution in [0.4, 0.5) is 5.69 Å². The molecule has 1 unspecified atom stereocenters. The van der Waals surface area contributed by atoms with Crippen molar-refractivity contribution in [2.24, 2.45) is 0 Å². The van der Waals surface area contributed by atoms with Gasteiger partial charge in [-0.3, -0.25) is 14.4 Å². The first-order valence-electron chi connectivity index (χ1n) is 6.23. The van der Waals surface area contributed by atoms with Gasteiger partial charge >= 0.3 is 5.97 Å². The van der Waals surface area contributed by atoms with Crippen LogP contribution >= 0.6 is 0 Å². The summed E-state index contributed by atoms with van der Waals surface area (Å²) in [4.78, 5) is 35.6. The standard InChI is InChI=1S/C14H15NO5/c1-8-14(19)15(2)10-7-9(3-5-12(10)20-8)11(16)4-6-13(17)18/h3,5,7-8H,4,6H2,1-2H3,(H,17,18). The minimum atomic E-state index is -1.01. The maximum Gasteiger partial charge on any atom is 0.303 e. The molecule has 1 aliphatic heterocycles. The molecule has 1 heterocycles. The van der Waals surface area contributed by atoms with Gasteiger partial charge in [0, 0.05) is 19.0 Å². The van der Waals surface area contributed by atoms with Crippen molar-refractivity contribution in [2.75, 3.05) is 11.9 Å². The van der Waals surface area contributed by atoms with Crippen molar-refractivity contribution in [3.05, 3.63) is 23.8 Å². The summed E-state index contributed by atoms with van der Waals surface area (Å²) < 4.78 is 5.45. The number of likely N-dealkylation sites (N-methyl/N-ethyl adjacent to an activating group) is 1. The number of hydrogen-bond donors (Lipinski definition) is 1. The number of nitrogens with zero attached hydrogens (tertiary/aromatic N) is 1. The van der Waals surface area contributed by atoms with Gasteiger partial charge in [0.1, 0.15) is 5.75 Å². The fourth-order valence-corrected chi connectivity index (χ4v) is 2.05. The zero-order valence-electron chi connectivity index (χ0n) is 11.3. The zero-order chi connectivity index (χ0) is 14.9. The molecule has 1 amide bonds. The van der Waals surface area contributed by atoms with E-state index in [0.717, 1.165) is 0 Å². The summed E-state index contributed by atoms with van der Waals surface area (Å²) in [6.07, 6.45) is -0.831. The number of carboxylic acid groups (broad SMARTS) is 1. The van der Waals surface area contributed by atoms with Crippen LogP contribution in [-0.2, 0) is 9.59 Å². The molecular weight excluding hydrogens is 262 g/mol. The Labute approximate surface area is 115 Å². The van der Waals surface area contributed by atoms with Crippen LogP contribution in [0.1, 0.15) is 30.1 Å². The average Bonchev–Trinajstić information content (AvgIpc) is 2.42. The van der Waals surface area contributed by atoms with Gasteiger partial charge in [0.25, 0.3) is 5.91 Å². The quantitative estimate of drug-likeness (QED) is 0.843. The molecule has 1 aromatic carbocycles. The molecule has 1 aromatic rings. The third kappa shape index (κ3) is 2.64. The molecule has 0 spiro atoms. The molecule has 2 rings (SSSR count). The van der Waals surface area contributed by atoms with Crippen LogP contribution in [-0.4, -0.2) is 35.9 Å². The molecule has 0 bridgehead atoms. The molecule has 0 saturated heterocycles. The number of rotatable bonds is 4. The minimum Gasteiger partial charge on any atom is -0.481 e. The van der Waals surface area contributed by atoms with Gasteiger partial charge in [-0.1, -0.05) is 0 Å². The molecule has 1 N–H and O–H groups in total. The van der Waals surface area contributed by atoms with E-state index in [1.807, 2.05) is 0 Å². The Bertz CT molecular complexity index is 581. The Morgan fingerprint density at radius 1 is 1.35 bits per heavy atom. The number of carbonyl (C=O) groups excluding carboxylic acids is 2. The number of aliphatic carboxylic acids is 1. The number of benzene rings is 1. The lowest BCUT2D eigenvalue weighted by Crippen LogP contribution is -2.42. The molecule has 0 aromatic heterocycles. The van der Waals surface area contributed by atoms with Gasteiger partial charge in [0.15, 0.2) is 11.9 Å². The predicted molar refractivity (Wildman–Crippen MR) is 71.1 cm³/mol. The summed E-state index contributed by atoms with van der Waals surface area (Å²) in [6.45, 7) is 1.66. The van der Waals surface area contributed by atoms with Crippen molar-refractivity contribution >= 4 is 23.3 Å². The van der Waals surface area contributed by atoms with Crippen LogP contribution in [0.25, 0.3) is 0 Å². The Morgan fingerprint density at radius 3 is 2.70 bits per heavy atom. The number of anilines is 1. The molecule has 1 atom stereocenters. The van der Waals surface area contributed by atoms with Crippen LogP contribution in [0.5, 0.6) is 5.75 Å². The molecule has 20 heavy (non-hydrogen) atoms. The number of fused-ring (bicyclic) bond motifs is 1. The summed E-state index contributed by atoms with van der Waals surface area (Å²) >= 11 is 0. The van der Waals surface area contributed by atoms with E-state index in [0.29, 0.717) is 17.0 Å². The predicted octanol–water partition coefficient (Wildman–Crippen LogP) is 1.48. The molecule has 0 saturated carbocycles. The second kappa shape index (κ2) is 5.32. The number of ether oxygens (including phenoxy) is 1. The highest BCUT2D eigenvalue weighted by Gasteiger charge is 2.29. The first-order valence-corrected chi connectivity index (χ1v) is 6.23. The Balaban J connectivity index is 2.25. The van der Waals surface area contributed by atoms with Crippen molar-refractivity contribution < 1.29 is 24.2 Å². The van der Waals surface area contributed by atoms with E-state index in [4.69, 9.17) is 9.84 Å². The fraction of sp³-hybridized carbons (Fsp3) is 0.357. The van der Waals surface area contributed by atoms with Gasteiger partial charge < -0.3 is 14.7 Å². The SMILES string of the molecule is CC1Oc2ccc(C(=O)CCC(=O)O)cc2N(C)C1=O. The highest BCUT2D eigenvalue weighted by atomic mass is 16.5. The van der Waals surface area contributed by atoms with Crippen LogP contribution in [0, 0.1) is 0 Å². The molecule has 0 fully saturated rings. The van der Waals surface area contributed by atoms with E-state index in [2.05, 4.69) is 0 Å². The van der Waals surface area contributed by atoms with Crippen LogP contribution in [0.15, 0.2) is 18.2 Å². The highest BCUT2D eigenvalue weighted by Crippen LogP contribution is 2.34. The fourth-order valence-electron chi connectivity index (χ4n) is 2.05. The topological polar surface area (TPSA) is 83.9 Å². The van der Waals surface area contributed by atoms with Crippen molar-refractivity contribution in [3.63, 3.8) is 0 Å². The van der Waals surface area contributed by atoms with E-state index in [1.165, 1.54) is 4.90 Å². The Morgan fingerprint density at radius 2 is 2.05 bits per heavy atom. The number of amides is 1. The van der Waals surface area contributed by atoms with E-state index >= 15 is 0 Å². The van der Waals surface area contributed by atoms with Crippen molar-refractivity contribution in [3.8, 4) is 5.75 Å². The van der Waals surface area contributed by atoms with Crippen molar-refractivity contribution in [1.82, 2.24) is 0 Å². The van der Waals surface area contributed by atoms with Gasteiger partial charge in [0.05, 0.1) is 12.1 Å². The highest BCUT2D eigenvalue weighted by molar-refractivity contribution is 6.03. The van der Waals surface area contributed by atoms with Crippen LogP contribution in [0.3, 0.4) is 0 Å². The lowest BCUT2D eigenvalue weighted by Gasteiger charge is -2.30. The summed E-state index contributed by atoms with van der Waals surface area (Å²) in [5.41, 5.74) is 0.900. The van der Waals surface area contributed by atoms with Crippen LogP contribution in [0.2, 0.25) is 0 Å². The van der Waals surface area contributed by atoms with Crippen molar-refractivity contribution in [1.29, 1.82) is 0 Å². The Hall–Kier alpha value is -2.37.